The zero-order chi connectivity index (χ0) is 16.0. The summed E-state index contributed by atoms with van der Waals surface area (Å²) in [7, 11) is -3.84. The van der Waals surface area contributed by atoms with E-state index in [1.807, 2.05) is 0 Å². The van der Waals surface area contributed by atoms with Crippen molar-refractivity contribution in [2.75, 3.05) is 6.54 Å². The van der Waals surface area contributed by atoms with Gasteiger partial charge < -0.3 is 5.11 Å². The third-order valence-electron chi connectivity index (χ3n) is 4.01. The molecule has 1 aromatic carbocycles. The van der Waals surface area contributed by atoms with Gasteiger partial charge in [0.05, 0.1) is 10.5 Å². The number of hydrogen-bond donors (Lipinski definition) is 2. The van der Waals surface area contributed by atoms with Crippen molar-refractivity contribution < 1.29 is 22.7 Å². The van der Waals surface area contributed by atoms with Crippen LogP contribution in [0.5, 0.6) is 0 Å². The van der Waals surface area contributed by atoms with Crippen LogP contribution >= 0.6 is 0 Å². The standard InChI is InChI=1S/C14H18FNO4S/c1-8-4-10(5-11(12(8)15)13(17)18)21(19,20)16-7-9-6-14(9,2)3/h4-5,9,16H,6-7H2,1-3H3,(H,17,18). The van der Waals surface area contributed by atoms with Gasteiger partial charge >= 0.3 is 5.97 Å². The highest BCUT2D eigenvalue weighted by molar-refractivity contribution is 7.89. The minimum absolute atomic E-state index is 0.0120. The highest BCUT2D eigenvalue weighted by atomic mass is 32.2. The van der Waals surface area contributed by atoms with Crippen molar-refractivity contribution in [1.82, 2.24) is 4.72 Å². The van der Waals surface area contributed by atoms with Crippen LogP contribution < -0.4 is 4.72 Å². The molecule has 1 fully saturated rings. The Labute approximate surface area is 123 Å². The van der Waals surface area contributed by atoms with E-state index in [2.05, 4.69) is 18.6 Å². The van der Waals surface area contributed by atoms with E-state index in [4.69, 9.17) is 5.11 Å². The highest BCUT2D eigenvalue weighted by Crippen LogP contribution is 2.51. The molecule has 116 valence electrons. The molecule has 0 aliphatic heterocycles. The van der Waals surface area contributed by atoms with Crippen LogP contribution in [0.1, 0.15) is 36.2 Å². The van der Waals surface area contributed by atoms with Gasteiger partial charge in [-0.3, -0.25) is 0 Å². The normalized spacial score (nSPS) is 20.3. The molecule has 1 aliphatic rings. The monoisotopic (exact) mass is 315 g/mol. The van der Waals surface area contributed by atoms with Gasteiger partial charge in [0.15, 0.2) is 0 Å². The molecule has 0 heterocycles. The summed E-state index contributed by atoms with van der Waals surface area (Å²) in [6.07, 6.45) is 0.943. The maximum absolute atomic E-state index is 13.7. The number of benzene rings is 1. The van der Waals surface area contributed by atoms with Crippen LogP contribution in [0.15, 0.2) is 17.0 Å². The van der Waals surface area contributed by atoms with E-state index >= 15 is 0 Å². The largest absolute Gasteiger partial charge is 0.478 e. The molecule has 5 nitrogen and oxygen atoms in total. The summed E-state index contributed by atoms with van der Waals surface area (Å²) >= 11 is 0. The number of aromatic carboxylic acids is 1. The smallest absolute Gasteiger partial charge is 0.338 e. The first-order valence-corrected chi connectivity index (χ1v) is 8.06. The van der Waals surface area contributed by atoms with Gasteiger partial charge in [-0.1, -0.05) is 13.8 Å². The molecule has 0 aromatic heterocycles. The lowest BCUT2D eigenvalue weighted by atomic mass is 10.1. The first-order valence-electron chi connectivity index (χ1n) is 6.58. The Morgan fingerprint density at radius 1 is 1.48 bits per heavy atom. The van der Waals surface area contributed by atoms with E-state index in [0.29, 0.717) is 6.54 Å². The average molecular weight is 315 g/mol. The maximum atomic E-state index is 13.7. The number of sulfonamides is 1. The molecule has 1 saturated carbocycles. The predicted octanol–water partition coefficient (Wildman–Crippen LogP) is 2.16. The summed E-state index contributed by atoms with van der Waals surface area (Å²) in [4.78, 5) is 10.7. The number of hydrogen-bond acceptors (Lipinski definition) is 3. The zero-order valence-electron chi connectivity index (χ0n) is 12.1. The molecule has 0 bridgehead atoms. The lowest BCUT2D eigenvalue weighted by Gasteiger charge is -2.10. The average Bonchev–Trinajstić information content (AvgIpc) is 2.97. The molecular formula is C14H18FNO4S. The van der Waals surface area contributed by atoms with Crippen molar-refractivity contribution in [3.8, 4) is 0 Å². The summed E-state index contributed by atoms with van der Waals surface area (Å²) < 4.78 is 40.5. The molecule has 1 aromatic rings. The van der Waals surface area contributed by atoms with Crippen molar-refractivity contribution in [2.45, 2.75) is 32.1 Å². The molecule has 2 rings (SSSR count). The Hall–Kier alpha value is -1.47. The second kappa shape index (κ2) is 5.06. The van der Waals surface area contributed by atoms with E-state index in [9.17, 15) is 17.6 Å². The molecule has 21 heavy (non-hydrogen) atoms. The van der Waals surface area contributed by atoms with Crippen LogP contribution in [0.4, 0.5) is 4.39 Å². The van der Waals surface area contributed by atoms with Gasteiger partial charge in [-0.05, 0) is 42.4 Å². The number of aryl methyl sites for hydroxylation is 1. The van der Waals surface area contributed by atoms with Gasteiger partial charge in [0.25, 0.3) is 0 Å². The molecule has 0 spiro atoms. The van der Waals surface area contributed by atoms with Crippen molar-refractivity contribution >= 4 is 16.0 Å². The van der Waals surface area contributed by atoms with Crippen molar-refractivity contribution in [3.63, 3.8) is 0 Å². The summed E-state index contributed by atoms with van der Waals surface area (Å²) in [5, 5.41) is 8.92. The van der Waals surface area contributed by atoms with Crippen LogP contribution in [0.25, 0.3) is 0 Å². The Kier molecular flexibility index (Phi) is 3.84. The molecule has 1 atom stereocenters. The molecule has 0 radical (unpaired) electrons. The predicted molar refractivity (Wildman–Crippen MR) is 75.2 cm³/mol. The first-order chi connectivity index (χ1) is 9.54. The lowest BCUT2D eigenvalue weighted by Crippen LogP contribution is -2.27. The summed E-state index contributed by atoms with van der Waals surface area (Å²) in [5.41, 5.74) is -0.517. The maximum Gasteiger partial charge on any atom is 0.338 e. The van der Waals surface area contributed by atoms with E-state index in [0.717, 1.165) is 18.6 Å². The molecular weight excluding hydrogens is 297 g/mol. The van der Waals surface area contributed by atoms with Crippen LogP contribution in [0.3, 0.4) is 0 Å². The first kappa shape index (κ1) is 15.9. The van der Waals surface area contributed by atoms with E-state index in [1.54, 1.807) is 0 Å². The van der Waals surface area contributed by atoms with Gasteiger partial charge in [-0.25, -0.2) is 22.3 Å². The van der Waals surface area contributed by atoms with Crippen LogP contribution in [-0.2, 0) is 10.0 Å². The Morgan fingerprint density at radius 2 is 2.05 bits per heavy atom. The Morgan fingerprint density at radius 3 is 2.52 bits per heavy atom. The minimum atomic E-state index is -3.84. The third kappa shape index (κ3) is 3.24. The number of nitrogens with one attached hydrogen (secondary N) is 1. The van der Waals surface area contributed by atoms with E-state index in [1.165, 1.54) is 6.92 Å². The van der Waals surface area contributed by atoms with Gasteiger partial charge in [0, 0.05) is 6.54 Å². The number of carboxylic acid groups (broad SMARTS) is 1. The summed E-state index contributed by atoms with van der Waals surface area (Å²) in [6, 6.07) is 1.99. The Balaban J connectivity index is 2.26. The number of carbonyl (C=O) groups is 1. The fourth-order valence-corrected chi connectivity index (χ4v) is 3.46. The number of rotatable bonds is 5. The second-order valence-electron chi connectivity index (χ2n) is 6.15. The molecule has 1 aliphatic carbocycles. The quantitative estimate of drug-likeness (QED) is 0.872. The molecule has 7 heteroatoms. The molecule has 0 amide bonds. The SMILES string of the molecule is Cc1cc(S(=O)(=O)NCC2CC2(C)C)cc(C(=O)O)c1F. The van der Waals surface area contributed by atoms with Crippen molar-refractivity contribution in [3.05, 3.63) is 29.1 Å². The molecule has 2 N–H and O–H groups in total. The topological polar surface area (TPSA) is 83.5 Å². The lowest BCUT2D eigenvalue weighted by molar-refractivity contribution is 0.0691. The molecule has 1 unspecified atom stereocenters. The van der Waals surface area contributed by atoms with Gasteiger partial charge in [0.1, 0.15) is 5.82 Å². The number of carboxylic acids is 1. The minimum Gasteiger partial charge on any atom is -0.478 e. The summed E-state index contributed by atoms with van der Waals surface area (Å²) in [6.45, 7) is 5.74. The van der Waals surface area contributed by atoms with Crippen LogP contribution in [0.2, 0.25) is 0 Å². The van der Waals surface area contributed by atoms with Crippen LogP contribution in [0, 0.1) is 24.1 Å². The van der Waals surface area contributed by atoms with E-state index in [-0.39, 0.29) is 21.8 Å². The fourth-order valence-electron chi connectivity index (χ4n) is 2.27. The van der Waals surface area contributed by atoms with Gasteiger partial charge in [-0.15, -0.1) is 0 Å². The van der Waals surface area contributed by atoms with Crippen molar-refractivity contribution in [1.29, 1.82) is 0 Å². The third-order valence-corrected chi connectivity index (χ3v) is 5.41. The van der Waals surface area contributed by atoms with Gasteiger partial charge in [0.2, 0.25) is 10.0 Å². The second-order valence-corrected chi connectivity index (χ2v) is 7.92. The zero-order valence-corrected chi connectivity index (χ0v) is 12.9. The summed E-state index contributed by atoms with van der Waals surface area (Å²) in [5.74, 6) is -2.13. The van der Waals surface area contributed by atoms with Crippen molar-refractivity contribution in [2.24, 2.45) is 11.3 Å². The van der Waals surface area contributed by atoms with Crippen LogP contribution in [-0.4, -0.2) is 26.0 Å². The molecule has 0 saturated heterocycles. The number of halogens is 1. The van der Waals surface area contributed by atoms with Gasteiger partial charge in [-0.2, -0.15) is 0 Å². The van der Waals surface area contributed by atoms with E-state index < -0.39 is 27.4 Å². The highest BCUT2D eigenvalue weighted by Gasteiger charge is 2.45. The fraction of sp³-hybridized carbons (Fsp3) is 0.500. The Bertz CT molecular complexity index is 697.